The number of ether oxygens (including phenoxy) is 3. The highest BCUT2D eigenvalue weighted by Gasteiger charge is 2.43. The SMILES string of the molecule is CCC[C@@H]1CC(=O)[C@@H](C(=O)OC)[C@H](c2ccc(OC)cc2)O1. The van der Waals surface area contributed by atoms with Crippen molar-refractivity contribution in [2.24, 2.45) is 5.92 Å². The normalized spacial score (nSPS) is 24.9. The van der Waals surface area contributed by atoms with Crippen molar-refractivity contribution in [1.82, 2.24) is 0 Å². The summed E-state index contributed by atoms with van der Waals surface area (Å²) in [6, 6.07) is 7.23. The van der Waals surface area contributed by atoms with E-state index in [4.69, 9.17) is 14.2 Å². The molecule has 3 atom stereocenters. The third-order valence-electron chi connectivity index (χ3n) is 3.93. The minimum absolute atomic E-state index is 0.114. The van der Waals surface area contributed by atoms with Gasteiger partial charge in [-0.25, -0.2) is 0 Å². The van der Waals surface area contributed by atoms with Gasteiger partial charge in [0, 0.05) is 6.42 Å². The van der Waals surface area contributed by atoms with E-state index < -0.39 is 18.0 Å². The van der Waals surface area contributed by atoms with Crippen LogP contribution in [0.1, 0.15) is 37.9 Å². The predicted octanol–water partition coefficient (Wildman–Crippen LogP) is 2.68. The smallest absolute Gasteiger partial charge is 0.319 e. The van der Waals surface area contributed by atoms with Crippen molar-refractivity contribution in [2.75, 3.05) is 14.2 Å². The van der Waals surface area contributed by atoms with E-state index in [0.717, 1.165) is 18.4 Å². The van der Waals surface area contributed by atoms with E-state index in [2.05, 4.69) is 0 Å². The van der Waals surface area contributed by atoms with E-state index in [1.807, 2.05) is 19.1 Å². The number of hydrogen-bond acceptors (Lipinski definition) is 5. The number of carbonyl (C=O) groups excluding carboxylic acids is 2. The Hall–Kier alpha value is -1.88. The summed E-state index contributed by atoms with van der Waals surface area (Å²) in [4.78, 5) is 24.4. The second-order valence-electron chi connectivity index (χ2n) is 5.41. The van der Waals surface area contributed by atoms with Gasteiger partial charge in [0.05, 0.1) is 20.3 Å². The topological polar surface area (TPSA) is 61.8 Å². The van der Waals surface area contributed by atoms with E-state index in [1.165, 1.54) is 7.11 Å². The second-order valence-corrected chi connectivity index (χ2v) is 5.41. The summed E-state index contributed by atoms with van der Waals surface area (Å²) in [6.45, 7) is 2.04. The van der Waals surface area contributed by atoms with E-state index in [9.17, 15) is 9.59 Å². The maximum Gasteiger partial charge on any atom is 0.319 e. The van der Waals surface area contributed by atoms with Crippen LogP contribution in [0.5, 0.6) is 5.75 Å². The Morgan fingerprint density at radius 1 is 1.27 bits per heavy atom. The van der Waals surface area contributed by atoms with E-state index in [0.29, 0.717) is 5.75 Å². The molecule has 120 valence electrons. The molecule has 0 bridgehead atoms. The van der Waals surface area contributed by atoms with Crippen molar-refractivity contribution in [1.29, 1.82) is 0 Å². The molecule has 0 saturated carbocycles. The molecule has 5 heteroatoms. The molecule has 1 fully saturated rings. The molecule has 1 aromatic carbocycles. The van der Waals surface area contributed by atoms with Gasteiger partial charge in [-0.2, -0.15) is 0 Å². The van der Waals surface area contributed by atoms with Crippen LogP contribution in [0.3, 0.4) is 0 Å². The lowest BCUT2D eigenvalue weighted by Gasteiger charge is -2.34. The first-order valence-corrected chi connectivity index (χ1v) is 7.50. The van der Waals surface area contributed by atoms with Crippen molar-refractivity contribution < 1.29 is 23.8 Å². The van der Waals surface area contributed by atoms with Crippen LogP contribution >= 0.6 is 0 Å². The molecular weight excluding hydrogens is 284 g/mol. The summed E-state index contributed by atoms with van der Waals surface area (Å²) in [6.07, 6.45) is 1.24. The van der Waals surface area contributed by atoms with Gasteiger partial charge in [0.25, 0.3) is 0 Å². The Bertz CT molecular complexity index is 522. The van der Waals surface area contributed by atoms with Gasteiger partial charge in [0.1, 0.15) is 17.8 Å². The lowest BCUT2D eigenvalue weighted by Crippen LogP contribution is -2.41. The number of Topliss-reactive ketones (excluding diaryl/α,β-unsaturated/α-hetero) is 1. The minimum atomic E-state index is -0.897. The van der Waals surface area contributed by atoms with Gasteiger partial charge < -0.3 is 14.2 Å². The third-order valence-corrected chi connectivity index (χ3v) is 3.93. The highest BCUT2D eigenvalue weighted by Crippen LogP contribution is 2.37. The number of esters is 1. The summed E-state index contributed by atoms with van der Waals surface area (Å²) in [5.41, 5.74) is 0.783. The summed E-state index contributed by atoms with van der Waals surface area (Å²) in [5.74, 6) is -0.838. The van der Waals surface area contributed by atoms with E-state index in [1.54, 1.807) is 19.2 Å². The first-order valence-electron chi connectivity index (χ1n) is 7.50. The first kappa shape index (κ1) is 16.5. The molecule has 5 nitrogen and oxygen atoms in total. The molecule has 0 amide bonds. The van der Waals surface area contributed by atoms with Crippen LogP contribution in [-0.4, -0.2) is 32.1 Å². The molecule has 1 aliphatic rings. The highest BCUT2D eigenvalue weighted by molar-refractivity contribution is 6.00. The number of benzene rings is 1. The van der Waals surface area contributed by atoms with Crippen LogP contribution in [0.15, 0.2) is 24.3 Å². The average Bonchev–Trinajstić information content (AvgIpc) is 2.54. The Kier molecular flexibility index (Phi) is 5.55. The zero-order valence-electron chi connectivity index (χ0n) is 13.2. The monoisotopic (exact) mass is 306 g/mol. The van der Waals surface area contributed by atoms with Gasteiger partial charge in [-0.15, -0.1) is 0 Å². The molecule has 1 heterocycles. The fourth-order valence-corrected chi connectivity index (χ4v) is 2.79. The summed E-state index contributed by atoms with van der Waals surface area (Å²) < 4.78 is 16.0. The zero-order chi connectivity index (χ0) is 16.1. The molecule has 1 saturated heterocycles. The summed E-state index contributed by atoms with van der Waals surface area (Å²) >= 11 is 0. The second kappa shape index (κ2) is 7.40. The fraction of sp³-hybridized carbons (Fsp3) is 0.529. The quantitative estimate of drug-likeness (QED) is 0.618. The Balaban J connectivity index is 2.30. The number of rotatable bonds is 5. The molecular formula is C17H22O5. The minimum Gasteiger partial charge on any atom is -0.497 e. The van der Waals surface area contributed by atoms with Crippen LogP contribution in [0.25, 0.3) is 0 Å². The van der Waals surface area contributed by atoms with E-state index >= 15 is 0 Å². The molecule has 1 aliphatic heterocycles. The average molecular weight is 306 g/mol. The molecule has 0 aliphatic carbocycles. The Morgan fingerprint density at radius 3 is 2.50 bits per heavy atom. The van der Waals surface area contributed by atoms with Gasteiger partial charge in [-0.05, 0) is 24.1 Å². The highest BCUT2D eigenvalue weighted by atomic mass is 16.5. The van der Waals surface area contributed by atoms with Gasteiger partial charge >= 0.3 is 5.97 Å². The van der Waals surface area contributed by atoms with Gasteiger partial charge in [0.2, 0.25) is 0 Å². The zero-order valence-corrected chi connectivity index (χ0v) is 13.2. The molecule has 2 rings (SSSR count). The van der Waals surface area contributed by atoms with Crippen LogP contribution < -0.4 is 4.74 Å². The molecule has 0 unspecified atom stereocenters. The number of methoxy groups -OCH3 is 2. The van der Waals surface area contributed by atoms with Crippen molar-refractivity contribution in [3.63, 3.8) is 0 Å². The standard InChI is InChI=1S/C17H22O5/c1-4-5-13-10-14(18)15(17(19)21-3)16(22-13)11-6-8-12(20-2)9-7-11/h6-9,13,15-16H,4-5,10H2,1-3H3/t13-,15-,16+/m1/s1. The van der Waals surface area contributed by atoms with Gasteiger partial charge in [0.15, 0.2) is 5.78 Å². The fourth-order valence-electron chi connectivity index (χ4n) is 2.79. The Morgan fingerprint density at radius 2 is 1.95 bits per heavy atom. The third kappa shape index (κ3) is 3.47. The largest absolute Gasteiger partial charge is 0.497 e. The molecule has 22 heavy (non-hydrogen) atoms. The van der Waals surface area contributed by atoms with Crippen LogP contribution in [0.2, 0.25) is 0 Å². The number of ketones is 1. The van der Waals surface area contributed by atoms with Crippen molar-refractivity contribution in [2.45, 2.75) is 38.4 Å². The molecule has 0 N–H and O–H groups in total. The lowest BCUT2D eigenvalue weighted by molar-refractivity contribution is -0.168. The summed E-state index contributed by atoms with van der Waals surface area (Å²) in [7, 11) is 2.88. The molecule has 1 aromatic rings. The number of hydrogen-bond donors (Lipinski definition) is 0. The van der Waals surface area contributed by atoms with Crippen LogP contribution in [-0.2, 0) is 19.1 Å². The number of carbonyl (C=O) groups is 2. The summed E-state index contributed by atoms with van der Waals surface area (Å²) in [5, 5.41) is 0. The lowest BCUT2D eigenvalue weighted by atomic mass is 9.85. The molecule has 0 aromatic heterocycles. The molecule has 0 radical (unpaired) electrons. The van der Waals surface area contributed by atoms with Gasteiger partial charge in [-0.3, -0.25) is 9.59 Å². The van der Waals surface area contributed by atoms with Crippen LogP contribution in [0, 0.1) is 5.92 Å². The van der Waals surface area contributed by atoms with Crippen LogP contribution in [0.4, 0.5) is 0 Å². The first-order chi connectivity index (χ1) is 10.6. The van der Waals surface area contributed by atoms with Crippen molar-refractivity contribution >= 4 is 11.8 Å². The molecule has 0 spiro atoms. The van der Waals surface area contributed by atoms with Crippen molar-refractivity contribution in [3.05, 3.63) is 29.8 Å². The van der Waals surface area contributed by atoms with E-state index in [-0.39, 0.29) is 18.3 Å². The van der Waals surface area contributed by atoms with Gasteiger partial charge in [-0.1, -0.05) is 25.5 Å². The maximum atomic E-state index is 12.4. The Labute approximate surface area is 130 Å². The van der Waals surface area contributed by atoms with Crippen molar-refractivity contribution in [3.8, 4) is 5.75 Å². The predicted molar refractivity (Wildman–Crippen MR) is 80.6 cm³/mol. The maximum absolute atomic E-state index is 12.4.